The largest absolute Gasteiger partial charge is 0.458 e. The lowest BCUT2D eigenvalue weighted by Crippen LogP contribution is -2.53. The van der Waals surface area contributed by atoms with E-state index in [1.807, 2.05) is 19.2 Å². The number of alkyl carbamates (subject to hydrolysis) is 1. The number of nitrogens with one attached hydrogen (secondary N) is 1. The van der Waals surface area contributed by atoms with E-state index in [1.165, 1.54) is 6.92 Å². The fourth-order valence-electron chi connectivity index (χ4n) is 5.88. The van der Waals surface area contributed by atoms with Gasteiger partial charge < -0.3 is 28.8 Å². The fraction of sp³-hybridized carbons (Fsp3) is 0.412. The standard InChI is InChI=1S/C34H39N3O9Si/c1-9-34(45-26(39)13-14-35-32(42)46-33(4,5)6)23-17-25-28-21(15-20-16-22(43-19(3)38)11-12-24(20)36-28)18-37(25)29(40)27(23)30(44-31(34)41)47(7,8)10-2/h10-12,15-17,30H,2,9,13-14,18H2,1,3-8H3,(H,35,42). The van der Waals surface area contributed by atoms with Crippen molar-refractivity contribution in [3.05, 3.63) is 69.7 Å². The zero-order chi connectivity index (χ0) is 34.5. The number of ether oxygens (including phenoxy) is 4. The Morgan fingerprint density at radius 2 is 1.91 bits per heavy atom. The molecule has 0 radical (unpaired) electrons. The zero-order valence-electron chi connectivity index (χ0n) is 27.6. The van der Waals surface area contributed by atoms with Crippen molar-refractivity contribution in [1.82, 2.24) is 14.9 Å². The van der Waals surface area contributed by atoms with Crippen molar-refractivity contribution in [3.63, 3.8) is 0 Å². The fourth-order valence-corrected chi connectivity index (χ4v) is 7.52. The highest BCUT2D eigenvalue weighted by Crippen LogP contribution is 2.46. The van der Waals surface area contributed by atoms with Gasteiger partial charge in [-0.3, -0.25) is 14.4 Å². The van der Waals surface area contributed by atoms with Crippen molar-refractivity contribution >= 4 is 43.0 Å². The summed E-state index contributed by atoms with van der Waals surface area (Å²) >= 11 is 0. The second-order valence-electron chi connectivity index (χ2n) is 13.3. The number of esters is 3. The second-order valence-corrected chi connectivity index (χ2v) is 17.9. The van der Waals surface area contributed by atoms with Crippen molar-refractivity contribution < 1.29 is 38.1 Å². The first-order valence-corrected chi connectivity index (χ1v) is 18.6. The summed E-state index contributed by atoms with van der Waals surface area (Å²) in [5.74, 6) is -1.61. The highest BCUT2D eigenvalue weighted by molar-refractivity contribution is 6.83. The second kappa shape index (κ2) is 12.1. The molecule has 12 nitrogen and oxygen atoms in total. The molecule has 3 aromatic rings. The van der Waals surface area contributed by atoms with Crippen LogP contribution in [0.25, 0.3) is 22.3 Å². The molecule has 0 saturated carbocycles. The van der Waals surface area contributed by atoms with E-state index in [0.717, 1.165) is 10.9 Å². The number of rotatable bonds is 8. The minimum atomic E-state index is -2.59. The quantitative estimate of drug-likeness (QED) is 0.118. The van der Waals surface area contributed by atoms with Gasteiger partial charge in [0.25, 0.3) is 5.56 Å². The average Bonchev–Trinajstić information content (AvgIpc) is 3.33. The van der Waals surface area contributed by atoms with E-state index in [1.54, 1.807) is 62.2 Å². The molecule has 2 aliphatic rings. The minimum Gasteiger partial charge on any atom is -0.458 e. The smallest absolute Gasteiger partial charge is 0.407 e. The number of pyridine rings is 2. The van der Waals surface area contributed by atoms with Crippen LogP contribution < -0.4 is 15.6 Å². The van der Waals surface area contributed by atoms with Gasteiger partial charge in [0.05, 0.1) is 35.4 Å². The number of cyclic esters (lactones) is 1. The Hall–Kier alpha value is -4.78. The Morgan fingerprint density at radius 1 is 1.19 bits per heavy atom. The molecular formula is C34H39N3O9Si. The summed E-state index contributed by atoms with van der Waals surface area (Å²) in [5.41, 5.74) is 0.781. The molecule has 2 aromatic heterocycles. The lowest BCUT2D eigenvalue weighted by molar-refractivity contribution is -0.190. The third kappa shape index (κ3) is 6.31. The van der Waals surface area contributed by atoms with Crippen molar-refractivity contribution in [2.75, 3.05) is 6.54 Å². The molecule has 0 fully saturated rings. The summed E-state index contributed by atoms with van der Waals surface area (Å²) in [7, 11) is -2.59. The molecule has 2 unspecified atom stereocenters. The molecule has 5 rings (SSSR count). The van der Waals surface area contributed by atoms with Crippen LogP contribution in [0, 0.1) is 0 Å². The number of nitrogens with zero attached hydrogens (tertiary/aromatic N) is 2. The van der Waals surface area contributed by atoms with Gasteiger partial charge in [0.15, 0.2) is 0 Å². The first-order chi connectivity index (χ1) is 22.0. The first-order valence-electron chi connectivity index (χ1n) is 15.4. The van der Waals surface area contributed by atoms with Crippen LogP contribution in [0.1, 0.15) is 69.9 Å². The molecule has 0 aliphatic carbocycles. The van der Waals surface area contributed by atoms with Crippen LogP contribution in [-0.4, -0.2) is 53.8 Å². The maximum absolute atomic E-state index is 14.4. The molecule has 1 aromatic carbocycles. The van der Waals surface area contributed by atoms with Gasteiger partial charge in [0.1, 0.15) is 25.2 Å². The van der Waals surface area contributed by atoms with Crippen molar-refractivity contribution in [2.45, 2.75) is 84.0 Å². The molecule has 2 aliphatic heterocycles. The maximum Gasteiger partial charge on any atom is 0.407 e. The van der Waals surface area contributed by atoms with Crippen molar-refractivity contribution in [2.24, 2.45) is 0 Å². The van der Waals surface area contributed by atoms with Gasteiger partial charge in [-0.25, -0.2) is 14.6 Å². The van der Waals surface area contributed by atoms with Gasteiger partial charge in [0, 0.05) is 30.0 Å². The number of amides is 1. The van der Waals surface area contributed by atoms with Crippen LogP contribution >= 0.6 is 0 Å². The van der Waals surface area contributed by atoms with Gasteiger partial charge in [-0.1, -0.05) is 25.7 Å². The third-order valence-electron chi connectivity index (χ3n) is 8.27. The van der Waals surface area contributed by atoms with Gasteiger partial charge in [-0.2, -0.15) is 0 Å². The summed E-state index contributed by atoms with van der Waals surface area (Å²) < 4.78 is 24.0. The molecule has 0 saturated heterocycles. The van der Waals surface area contributed by atoms with Gasteiger partial charge in [-0.15, -0.1) is 6.58 Å². The Morgan fingerprint density at radius 3 is 2.55 bits per heavy atom. The monoisotopic (exact) mass is 661 g/mol. The average molecular weight is 662 g/mol. The molecule has 0 bridgehead atoms. The molecule has 13 heteroatoms. The highest BCUT2D eigenvalue weighted by Gasteiger charge is 2.55. The van der Waals surface area contributed by atoms with E-state index in [9.17, 15) is 24.0 Å². The maximum atomic E-state index is 14.4. The van der Waals surface area contributed by atoms with E-state index >= 15 is 0 Å². The first kappa shape index (κ1) is 33.6. The van der Waals surface area contributed by atoms with E-state index < -0.39 is 49.0 Å². The number of fused-ring (bicyclic) bond motifs is 5. The van der Waals surface area contributed by atoms with Crippen molar-refractivity contribution in [3.8, 4) is 17.1 Å². The molecule has 1 N–H and O–H groups in total. The van der Waals surface area contributed by atoms with Crippen LogP contribution in [0.5, 0.6) is 5.75 Å². The van der Waals surface area contributed by atoms with Crippen molar-refractivity contribution in [1.29, 1.82) is 0 Å². The van der Waals surface area contributed by atoms with Crippen LogP contribution in [0.4, 0.5) is 4.79 Å². The molecule has 2 atom stereocenters. The summed E-state index contributed by atoms with van der Waals surface area (Å²) in [6, 6.07) is 8.68. The summed E-state index contributed by atoms with van der Waals surface area (Å²) in [5, 5.41) is 3.24. The number of hydrogen-bond donors (Lipinski definition) is 1. The lowest BCUT2D eigenvalue weighted by Gasteiger charge is -2.42. The lowest BCUT2D eigenvalue weighted by atomic mass is 9.85. The molecule has 4 heterocycles. The van der Waals surface area contributed by atoms with Gasteiger partial charge in [0.2, 0.25) is 5.60 Å². The summed E-state index contributed by atoms with van der Waals surface area (Å²) in [6.45, 7) is 16.1. The number of benzene rings is 1. The SMILES string of the molecule is C=C[Si](C)(C)C1OC(=O)C(CC)(OC(=O)CCNC(=O)OC(C)(C)C)c2cc3n(c(=O)c21)Cc1cc2cc(OC(C)=O)ccc2nc1-3. The number of hydrogen-bond acceptors (Lipinski definition) is 10. The molecular weight excluding hydrogens is 622 g/mol. The Labute approximate surface area is 273 Å². The van der Waals surface area contributed by atoms with E-state index in [0.29, 0.717) is 22.7 Å². The topological polar surface area (TPSA) is 152 Å². The molecule has 1 amide bonds. The Kier molecular flexibility index (Phi) is 8.65. The van der Waals surface area contributed by atoms with Crippen LogP contribution in [0.15, 0.2) is 47.4 Å². The molecule has 47 heavy (non-hydrogen) atoms. The molecule has 248 valence electrons. The van der Waals surface area contributed by atoms with E-state index in [-0.39, 0.29) is 42.6 Å². The Bertz CT molecular complexity index is 1890. The molecule has 0 spiro atoms. The zero-order valence-corrected chi connectivity index (χ0v) is 28.6. The van der Waals surface area contributed by atoms with Gasteiger partial charge >= 0.3 is 24.0 Å². The van der Waals surface area contributed by atoms with E-state index in [4.69, 9.17) is 23.9 Å². The number of aromatic nitrogens is 2. The Balaban J connectivity index is 1.58. The van der Waals surface area contributed by atoms with Gasteiger partial charge in [-0.05, 0) is 57.5 Å². The normalized spacial score (nSPS) is 18.4. The summed E-state index contributed by atoms with van der Waals surface area (Å²) in [6.07, 6.45) is -0.954. The van der Waals surface area contributed by atoms with Crippen LogP contribution in [0.3, 0.4) is 0 Å². The van der Waals surface area contributed by atoms with Crippen LogP contribution in [0.2, 0.25) is 13.1 Å². The predicted octanol–water partition coefficient (Wildman–Crippen LogP) is 4.98. The predicted molar refractivity (Wildman–Crippen MR) is 175 cm³/mol. The van der Waals surface area contributed by atoms with Crippen LogP contribution in [-0.2, 0) is 40.7 Å². The van der Waals surface area contributed by atoms with E-state index in [2.05, 4.69) is 11.9 Å². The summed E-state index contributed by atoms with van der Waals surface area (Å²) in [4.78, 5) is 70.0. The number of carbonyl (C=O) groups excluding carboxylic acids is 4. The third-order valence-corrected chi connectivity index (χ3v) is 11.1. The minimum absolute atomic E-state index is 0.00726. The number of carbonyl (C=O) groups is 4. The highest BCUT2D eigenvalue weighted by atomic mass is 28.3.